The van der Waals surface area contributed by atoms with Crippen LogP contribution in [-0.4, -0.2) is 41.0 Å². The molecule has 0 amide bonds. The Morgan fingerprint density at radius 1 is 0.923 bits per heavy atom. The highest BCUT2D eigenvalue weighted by Crippen LogP contribution is 2.46. The number of hydrogen-bond donors (Lipinski definition) is 2. The number of fused-ring (bicyclic) bond motifs is 2. The first-order chi connectivity index (χ1) is 12.5. The van der Waals surface area contributed by atoms with Crippen LogP contribution in [0.15, 0.2) is 0 Å². The predicted molar refractivity (Wildman–Crippen MR) is 97.3 cm³/mol. The second-order valence-corrected chi connectivity index (χ2v) is 9.29. The molecule has 5 heteroatoms. The molecule has 5 nitrogen and oxygen atoms in total. The molecule has 0 aromatic carbocycles. The van der Waals surface area contributed by atoms with Crippen molar-refractivity contribution in [3.63, 3.8) is 0 Å². The molecule has 26 heavy (non-hydrogen) atoms. The lowest BCUT2D eigenvalue weighted by atomic mass is 9.56. The summed E-state index contributed by atoms with van der Waals surface area (Å²) in [6, 6.07) is -0.470. The Balaban J connectivity index is 1.51. The van der Waals surface area contributed by atoms with E-state index in [0.717, 1.165) is 57.3 Å². The van der Waals surface area contributed by atoms with Gasteiger partial charge in [0.25, 0.3) is 0 Å². The average Bonchev–Trinajstić information content (AvgIpc) is 2.64. The van der Waals surface area contributed by atoms with Crippen molar-refractivity contribution in [2.24, 2.45) is 35.3 Å². The van der Waals surface area contributed by atoms with Crippen LogP contribution in [0.25, 0.3) is 0 Å². The quantitative estimate of drug-likeness (QED) is 0.785. The fourth-order valence-electron chi connectivity index (χ4n) is 6.05. The number of ketones is 2. The third-order valence-electron chi connectivity index (χ3n) is 7.60. The van der Waals surface area contributed by atoms with Crippen LogP contribution in [0.4, 0.5) is 0 Å². The van der Waals surface area contributed by atoms with Gasteiger partial charge in [-0.1, -0.05) is 19.8 Å². The zero-order valence-corrected chi connectivity index (χ0v) is 15.8. The zero-order valence-electron chi connectivity index (χ0n) is 15.8. The number of aliphatic hydroxyl groups is 1. The maximum Gasteiger partial charge on any atom is 0.143 e. The third kappa shape index (κ3) is 3.16. The van der Waals surface area contributed by atoms with E-state index in [0.29, 0.717) is 6.42 Å². The van der Waals surface area contributed by atoms with Gasteiger partial charge in [-0.15, -0.1) is 0 Å². The summed E-state index contributed by atoms with van der Waals surface area (Å²) in [5, 5.41) is 10.7. The first kappa shape index (κ1) is 18.6. The molecular formula is C21H33NO4. The van der Waals surface area contributed by atoms with E-state index in [4.69, 9.17) is 10.5 Å². The molecule has 0 aromatic rings. The van der Waals surface area contributed by atoms with Gasteiger partial charge >= 0.3 is 0 Å². The summed E-state index contributed by atoms with van der Waals surface area (Å²) in [7, 11) is 0. The minimum atomic E-state index is -0.799. The number of nitrogens with two attached hydrogens (primary N) is 1. The van der Waals surface area contributed by atoms with Crippen molar-refractivity contribution in [2.45, 2.75) is 89.1 Å². The van der Waals surface area contributed by atoms with Crippen molar-refractivity contribution in [1.29, 1.82) is 0 Å². The first-order valence-corrected chi connectivity index (χ1v) is 10.6. The molecule has 0 aromatic heterocycles. The molecule has 4 fully saturated rings. The zero-order chi connectivity index (χ0) is 18.4. The van der Waals surface area contributed by atoms with Crippen LogP contribution in [0.3, 0.4) is 0 Å². The van der Waals surface area contributed by atoms with Crippen molar-refractivity contribution in [1.82, 2.24) is 0 Å². The van der Waals surface area contributed by atoms with E-state index >= 15 is 0 Å². The fraction of sp³-hybridized carbons (Fsp3) is 0.905. The molecule has 4 saturated carbocycles. The van der Waals surface area contributed by atoms with Crippen LogP contribution in [0.5, 0.6) is 0 Å². The van der Waals surface area contributed by atoms with Crippen molar-refractivity contribution < 1.29 is 19.4 Å². The van der Waals surface area contributed by atoms with Gasteiger partial charge in [-0.2, -0.15) is 0 Å². The number of hydrogen-bond acceptors (Lipinski definition) is 5. The summed E-state index contributed by atoms with van der Waals surface area (Å²) in [5.74, 6) is -0.572. The van der Waals surface area contributed by atoms with Crippen molar-refractivity contribution in [3.8, 4) is 0 Å². The minimum Gasteiger partial charge on any atom is -0.392 e. The highest BCUT2D eigenvalue weighted by Gasteiger charge is 2.57. The molecule has 0 spiro atoms. The molecule has 4 rings (SSSR count). The number of Topliss-reactive ketones (excluding diaryl/α,β-unsaturated/α-hetero) is 2. The van der Waals surface area contributed by atoms with E-state index in [1.807, 2.05) is 0 Å². The molecule has 0 heterocycles. The number of aliphatic hydroxyl groups excluding tert-OH is 1. The highest BCUT2D eigenvalue weighted by molar-refractivity contribution is 6.00. The topological polar surface area (TPSA) is 89.6 Å². The maximum atomic E-state index is 13.2. The van der Waals surface area contributed by atoms with Crippen LogP contribution in [-0.2, 0) is 14.3 Å². The molecule has 0 radical (unpaired) electrons. The summed E-state index contributed by atoms with van der Waals surface area (Å²) in [6.45, 7) is 2.27. The Bertz CT molecular complexity index is 556. The van der Waals surface area contributed by atoms with E-state index < -0.39 is 24.0 Å². The van der Waals surface area contributed by atoms with E-state index in [1.54, 1.807) is 0 Å². The van der Waals surface area contributed by atoms with Gasteiger partial charge in [0.05, 0.1) is 24.2 Å². The van der Waals surface area contributed by atoms with Gasteiger partial charge in [-0.25, -0.2) is 0 Å². The van der Waals surface area contributed by atoms with E-state index in [2.05, 4.69) is 6.92 Å². The van der Waals surface area contributed by atoms with Crippen molar-refractivity contribution in [3.05, 3.63) is 0 Å². The molecular weight excluding hydrogens is 330 g/mol. The maximum absolute atomic E-state index is 13.2. The molecule has 4 aliphatic rings. The third-order valence-corrected chi connectivity index (χ3v) is 7.60. The van der Waals surface area contributed by atoms with Gasteiger partial charge < -0.3 is 15.6 Å². The molecule has 3 N–H and O–H groups in total. The molecule has 4 aliphatic carbocycles. The lowest BCUT2D eigenvalue weighted by Gasteiger charge is -2.50. The number of carbonyl (C=O) groups excluding carboxylic acids is 2. The SMILES string of the molecule is CC1CCC(OC2CC(O)C3C(=O)C4CCCCC4C(=O)C3C2N)CC1. The highest BCUT2D eigenvalue weighted by atomic mass is 16.5. The monoisotopic (exact) mass is 363 g/mol. The lowest BCUT2D eigenvalue weighted by Crippen LogP contribution is -2.64. The number of ether oxygens (including phenoxy) is 1. The van der Waals surface area contributed by atoms with E-state index in [-0.39, 0.29) is 35.6 Å². The van der Waals surface area contributed by atoms with Gasteiger partial charge in [0.1, 0.15) is 11.6 Å². The Morgan fingerprint density at radius 2 is 1.50 bits per heavy atom. The number of rotatable bonds is 2. The van der Waals surface area contributed by atoms with Gasteiger partial charge in [0.2, 0.25) is 0 Å². The van der Waals surface area contributed by atoms with Crippen LogP contribution >= 0.6 is 0 Å². The largest absolute Gasteiger partial charge is 0.392 e. The van der Waals surface area contributed by atoms with Crippen molar-refractivity contribution in [2.75, 3.05) is 0 Å². The molecule has 7 atom stereocenters. The summed E-state index contributed by atoms with van der Waals surface area (Å²) < 4.78 is 6.28. The predicted octanol–water partition coefficient (Wildman–Crippen LogP) is 2.23. The van der Waals surface area contributed by atoms with Gasteiger partial charge in [0, 0.05) is 30.2 Å². The minimum absolute atomic E-state index is 0.0900. The van der Waals surface area contributed by atoms with Gasteiger partial charge in [0.15, 0.2) is 0 Å². The van der Waals surface area contributed by atoms with Crippen LogP contribution in [0.2, 0.25) is 0 Å². The Hall–Kier alpha value is -0.780. The van der Waals surface area contributed by atoms with Crippen molar-refractivity contribution >= 4 is 11.6 Å². The first-order valence-electron chi connectivity index (χ1n) is 10.6. The van der Waals surface area contributed by atoms with Crippen LogP contribution in [0, 0.1) is 29.6 Å². The Kier molecular flexibility index (Phi) is 5.23. The Labute approximate surface area is 156 Å². The summed E-state index contributed by atoms with van der Waals surface area (Å²) in [5.41, 5.74) is 6.51. The normalized spacial score (nSPS) is 49.4. The smallest absolute Gasteiger partial charge is 0.143 e. The molecule has 0 aliphatic heterocycles. The second kappa shape index (κ2) is 7.33. The molecule has 0 saturated heterocycles. The summed E-state index contributed by atoms with van der Waals surface area (Å²) >= 11 is 0. The van der Waals surface area contributed by atoms with E-state index in [9.17, 15) is 14.7 Å². The molecule has 0 bridgehead atoms. The molecule has 7 unspecified atom stereocenters. The standard InChI is InChI=1S/C21H33NO4/c1-11-6-8-12(9-7-11)26-16-10-15(23)17-18(19(16)22)21(25)14-5-3-2-4-13(14)20(17)24/h11-19,23H,2-10,22H2,1H3. The van der Waals surface area contributed by atoms with Crippen LogP contribution < -0.4 is 5.73 Å². The lowest BCUT2D eigenvalue weighted by molar-refractivity contribution is -0.168. The second-order valence-electron chi connectivity index (χ2n) is 9.29. The Morgan fingerprint density at radius 3 is 2.12 bits per heavy atom. The average molecular weight is 363 g/mol. The van der Waals surface area contributed by atoms with E-state index in [1.165, 1.54) is 0 Å². The van der Waals surface area contributed by atoms with Gasteiger partial charge in [-0.05, 0) is 44.4 Å². The molecule has 146 valence electrons. The van der Waals surface area contributed by atoms with Crippen LogP contribution in [0.1, 0.15) is 64.7 Å². The number of carbonyl (C=O) groups is 2. The fourth-order valence-corrected chi connectivity index (χ4v) is 6.05. The summed E-state index contributed by atoms with van der Waals surface area (Å²) in [4.78, 5) is 26.2. The summed E-state index contributed by atoms with van der Waals surface area (Å²) in [6.07, 6.45) is 7.39. The van der Waals surface area contributed by atoms with Gasteiger partial charge in [-0.3, -0.25) is 9.59 Å².